The number of aromatic nitrogens is 1. The third-order valence-electron chi connectivity index (χ3n) is 3.41. The number of nitrogens with zero attached hydrogens (tertiary/aromatic N) is 1. The average Bonchev–Trinajstić information content (AvgIpc) is 2.36. The van der Waals surface area contributed by atoms with Crippen molar-refractivity contribution in [1.29, 1.82) is 0 Å². The highest BCUT2D eigenvalue weighted by Crippen LogP contribution is 2.41. The Morgan fingerprint density at radius 3 is 2.79 bits per heavy atom. The third kappa shape index (κ3) is 3.30. The SMILES string of the molecule is COC(=O)c1cc(C2CC(COC(C)=O)C2)ccn1. The van der Waals surface area contributed by atoms with Crippen LogP contribution in [0, 0.1) is 5.92 Å². The van der Waals surface area contributed by atoms with Gasteiger partial charge < -0.3 is 9.47 Å². The minimum atomic E-state index is -0.419. The van der Waals surface area contributed by atoms with Crippen LogP contribution in [0.2, 0.25) is 0 Å². The first-order valence-corrected chi connectivity index (χ1v) is 6.27. The molecule has 1 aromatic heterocycles. The van der Waals surface area contributed by atoms with Gasteiger partial charge in [-0.15, -0.1) is 0 Å². The molecule has 1 aliphatic rings. The molecule has 1 aliphatic carbocycles. The lowest BCUT2D eigenvalue weighted by Gasteiger charge is -2.35. The van der Waals surface area contributed by atoms with Crippen LogP contribution in [0.1, 0.15) is 41.7 Å². The van der Waals surface area contributed by atoms with Crippen molar-refractivity contribution in [2.45, 2.75) is 25.7 Å². The van der Waals surface area contributed by atoms with Crippen molar-refractivity contribution < 1.29 is 19.1 Å². The van der Waals surface area contributed by atoms with Gasteiger partial charge in [-0.1, -0.05) is 0 Å². The van der Waals surface area contributed by atoms with E-state index in [2.05, 4.69) is 9.72 Å². The molecule has 19 heavy (non-hydrogen) atoms. The second-order valence-corrected chi connectivity index (χ2v) is 4.80. The van der Waals surface area contributed by atoms with Gasteiger partial charge in [-0.3, -0.25) is 4.79 Å². The highest BCUT2D eigenvalue weighted by Gasteiger charge is 2.31. The molecule has 0 radical (unpaired) electrons. The number of pyridine rings is 1. The lowest BCUT2D eigenvalue weighted by Crippen LogP contribution is -2.27. The lowest BCUT2D eigenvalue weighted by molar-refractivity contribution is -0.143. The van der Waals surface area contributed by atoms with Crippen molar-refractivity contribution in [3.8, 4) is 0 Å². The van der Waals surface area contributed by atoms with E-state index in [1.807, 2.05) is 6.07 Å². The fraction of sp³-hybridized carbons (Fsp3) is 0.500. The molecule has 5 nitrogen and oxygen atoms in total. The summed E-state index contributed by atoms with van der Waals surface area (Å²) >= 11 is 0. The largest absolute Gasteiger partial charge is 0.466 e. The molecule has 1 aromatic rings. The Bertz CT molecular complexity index is 480. The highest BCUT2D eigenvalue weighted by atomic mass is 16.5. The summed E-state index contributed by atoms with van der Waals surface area (Å²) < 4.78 is 9.63. The molecule has 0 amide bonds. The molecular formula is C14H17NO4. The van der Waals surface area contributed by atoms with E-state index in [1.54, 1.807) is 12.3 Å². The van der Waals surface area contributed by atoms with E-state index < -0.39 is 5.97 Å². The highest BCUT2D eigenvalue weighted by molar-refractivity contribution is 5.87. The van der Waals surface area contributed by atoms with Crippen LogP contribution in [0.25, 0.3) is 0 Å². The quantitative estimate of drug-likeness (QED) is 0.776. The number of carbonyl (C=O) groups excluding carboxylic acids is 2. The fourth-order valence-corrected chi connectivity index (χ4v) is 2.30. The van der Waals surface area contributed by atoms with Gasteiger partial charge in [0.05, 0.1) is 13.7 Å². The minimum absolute atomic E-state index is 0.236. The van der Waals surface area contributed by atoms with E-state index in [0.717, 1.165) is 18.4 Å². The summed E-state index contributed by atoms with van der Waals surface area (Å²) in [7, 11) is 1.34. The Morgan fingerprint density at radius 2 is 2.16 bits per heavy atom. The second kappa shape index (κ2) is 5.82. The van der Waals surface area contributed by atoms with Gasteiger partial charge in [0.1, 0.15) is 5.69 Å². The molecule has 1 fully saturated rings. The average molecular weight is 263 g/mol. The number of hydrogen-bond acceptors (Lipinski definition) is 5. The standard InChI is InChI=1S/C14H17NO4/c1-9(16)19-8-10-5-12(6-10)11-3-4-15-13(7-11)14(17)18-2/h3-4,7,10,12H,5-6,8H2,1-2H3. The maximum absolute atomic E-state index is 11.4. The van der Waals surface area contributed by atoms with Crippen molar-refractivity contribution in [2.75, 3.05) is 13.7 Å². The van der Waals surface area contributed by atoms with Gasteiger partial charge >= 0.3 is 11.9 Å². The summed E-state index contributed by atoms with van der Waals surface area (Å²) in [4.78, 5) is 26.1. The molecule has 1 heterocycles. The van der Waals surface area contributed by atoms with Gasteiger partial charge in [0.15, 0.2) is 0 Å². The minimum Gasteiger partial charge on any atom is -0.466 e. The molecule has 0 unspecified atom stereocenters. The molecule has 1 saturated carbocycles. The molecule has 0 atom stereocenters. The first-order chi connectivity index (χ1) is 9.10. The molecule has 0 bridgehead atoms. The summed E-state index contributed by atoms with van der Waals surface area (Å²) in [5, 5.41) is 0. The zero-order valence-electron chi connectivity index (χ0n) is 11.1. The number of esters is 2. The van der Waals surface area contributed by atoms with Crippen LogP contribution in [-0.4, -0.2) is 30.6 Å². The van der Waals surface area contributed by atoms with E-state index in [0.29, 0.717) is 24.1 Å². The van der Waals surface area contributed by atoms with Crippen LogP contribution in [0.4, 0.5) is 0 Å². The Kier molecular flexibility index (Phi) is 4.14. The van der Waals surface area contributed by atoms with Gasteiger partial charge in [0.25, 0.3) is 0 Å². The van der Waals surface area contributed by atoms with E-state index >= 15 is 0 Å². The zero-order chi connectivity index (χ0) is 13.8. The summed E-state index contributed by atoms with van der Waals surface area (Å²) in [6, 6.07) is 3.69. The van der Waals surface area contributed by atoms with E-state index in [4.69, 9.17) is 4.74 Å². The monoisotopic (exact) mass is 263 g/mol. The third-order valence-corrected chi connectivity index (χ3v) is 3.41. The van der Waals surface area contributed by atoms with Crippen molar-refractivity contribution in [2.24, 2.45) is 5.92 Å². The molecule has 0 N–H and O–H groups in total. The normalized spacial score (nSPS) is 21.4. The van der Waals surface area contributed by atoms with Crippen molar-refractivity contribution >= 4 is 11.9 Å². The van der Waals surface area contributed by atoms with Crippen LogP contribution in [-0.2, 0) is 14.3 Å². The van der Waals surface area contributed by atoms with Gasteiger partial charge in [-0.25, -0.2) is 9.78 Å². The fourth-order valence-electron chi connectivity index (χ4n) is 2.30. The molecule has 0 spiro atoms. The zero-order valence-corrected chi connectivity index (χ0v) is 11.1. The first kappa shape index (κ1) is 13.5. The molecular weight excluding hydrogens is 246 g/mol. The molecule has 0 saturated heterocycles. The molecule has 5 heteroatoms. The summed E-state index contributed by atoms with van der Waals surface area (Å²) in [6.45, 7) is 1.91. The van der Waals surface area contributed by atoms with Gasteiger partial charge in [-0.05, 0) is 42.4 Å². The van der Waals surface area contributed by atoms with Crippen molar-refractivity contribution in [3.63, 3.8) is 0 Å². The summed E-state index contributed by atoms with van der Waals surface area (Å²) in [6.07, 6.45) is 3.57. The number of rotatable bonds is 4. The molecule has 0 aliphatic heterocycles. The Hall–Kier alpha value is -1.91. The predicted octanol–water partition coefficient (Wildman–Crippen LogP) is 1.92. The second-order valence-electron chi connectivity index (χ2n) is 4.80. The summed E-state index contributed by atoms with van der Waals surface area (Å²) in [5.74, 6) is 0.175. The number of hydrogen-bond donors (Lipinski definition) is 0. The van der Waals surface area contributed by atoms with Gasteiger partial charge in [0.2, 0.25) is 0 Å². The van der Waals surface area contributed by atoms with Gasteiger partial charge in [-0.2, -0.15) is 0 Å². The molecule has 102 valence electrons. The smallest absolute Gasteiger partial charge is 0.356 e. The van der Waals surface area contributed by atoms with Crippen molar-refractivity contribution in [1.82, 2.24) is 4.98 Å². The van der Waals surface area contributed by atoms with E-state index in [-0.39, 0.29) is 5.97 Å². The molecule has 0 aromatic carbocycles. The van der Waals surface area contributed by atoms with Crippen LogP contribution >= 0.6 is 0 Å². The van der Waals surface area contributed by atoms with Crippen LogP contribution in [0.5, 0.6) is 0 Å². The maximum atomic E-state index is 11.4. The van der Waals surface area contributed by atoms with Crippen LogP contribution < -0.4 is 0 Å². The van der Waals surface area contributed by atoms with Crippen LogP contribution in [0.3, 0.4) is 0 Å². The van der Waals surface area contributed by atoms with E-state index in [9.17, 15) is 9.59 Å². The van der Waals surface area contributed by atoms with Crippen LogP contribution in [0.15, 0.2) is 18.3 Å². The number of ether oxygens (including phenoxy) is 2. The Labute approximate surface area is 111 Å². The molecule has 2 rings (SSSR count). The Balaban J connectivity index is 1.91. The topological polar surface area (TPSA) is 65.5 Å². The van der Waals surface area contributed by atoms with Crippen molar-refractivity contribution in [3.05, 3.63) is 29.6 Å². The lowest BCUT2D eigenvalue weighted by atomic mass is 9.72. The number of methoxy groups -OCH3 is 1. The van der Waals surface area contributed by atoms with E-state index in [1.165, 1.54) is 14.0 Å². The van der Waals surface area contributed by atoms with Gasteiger partial charge in [0, 0.05) is 13.1 Å². The first-order valence-electron chi connectivity index (χ1n) is 6.27. The predicted molar refractivity (Wildman–Crippen MR) is 67.7 cm³/mol. The maximum Gasteiger partial charge on any atom is 0.356 e. The summed E-state index contributed by atoms with van der Waals surface area (Å²) in [5.41, 5.74) is 1.43. The number of carbonyl (C=O) groups is 2. The Morgan fingerprint density at radius 1 is 1.42 bits per heavy atom.